The largest absolute Gasteiger partial charge is 0.368 e. The zero-order chi connectivity index (χ0) is 21.2. The highest BCUT2D eigenvalue weighted by Crippen LogP contribution is 2.34. The topological polar surface area (TPSA) is 86.7 Å². The molecule has 152 valence electrons. The van der Waals surface area contributed by atoms with Crippen molar-refractivity contribution in [1.82, 2.24) is 0 Å². The van der Waals surface area contributed by atoms with Crippen molar-refractivity contribution >= 4 is 27.7 Å². The maximum Gasteiger partial charge on any atom is 0.368 e. The fourth-order valence-corrected chi connectivity index (χ4v) is 4.07. The Morgan fingerprint density at radius 2 is 1.36 bits per heavy atom. The standard InChI is InChI=1S/C21H28N2O4S/c1-13(2)17-11-8-12-18(14(3)4)19(17)22-21(24)23(28(25,26)27)20-15(5)9-7-10-16(20)6/h7-14H,1-6H3,(H,22,24)(H,25,26,27). The molecule has 7 heteroatoms. The minimum atomic E-state index is -4.83. The molecular formula is C21H28N2O4S. The molecule has 0 saturated heterocycles. The van der Waals surface area contributed by atoms with Crippen LogP contribution in [-0.4, -0.2) is 19.0 Å². The van der Waals surface area contributed by atoms with Crippen LogP contribution < -0.4 is 9.62 Å². The van der Waals surface area contributed by atoms with Crippen molar-refractivity contribution in [3.8, 4) is 0 Å². The molecule has 2 aromatic carbocycles. The van der Waals surface area contributed by atoms with E-state index in [1.165, 1.54) is 0 Å². The number of hydrogen-bond donors (Lipinski definition) is 2. The van der Waals surface area contributed by atoms with Gasteiger partial charge in [-0.2, -0.15) is 12.7 Å². The number of carbonyl (C=O) groups is 1. The smallest absolute Gasteiger partial charge is 0.306 e. The predicted molar refractivity (Wildman–Crippen MR) is 114 cm³/mol. The average molecular weight is 405 g/mol. The van der Waals surface area contributed by atoms with Gasteiger partial charge in [0.2, 0.25) is 0 Å². The van der Waals surface area contributed by atoms with E-state index < -0.39 is 16.3 Å². The monoisotopic (exact) mass is 404 g/mol. The molecule has 0 spiro atoms. The summed E-state index contributed by atoms with van der Waals surface area (Å²) >= 11 is 0. The summed E-state index contributed by atoms with van der Waals surface area (Å²) < 4.78 is 34.5. The number of urea groups is 1. The van der Waals surface area contributed by atoms with Gasteiger partial charge in [0.1, 0.15) is 0 Å². The summed E-state index contributed by atoms with van der Waals surface area (Å²) in [6, 6.07) is 9.96. The van der Waals surface area contributed by atoms with Gasteiger partial charge in [0, 0.05) is 5.69 Å². The van der Waals surface area contributed by atoms with Crippen molar-refractivity contribution < 1.29 is 17.8 Å². The van der Waals surface area contributed by atoms with Gasteiger partial charge in [0.15, 0.2) is 0 Å². The lowest BCUT2D eigenvalue weighted by molar-refractivity contribution is 0.259. The maximum absolute atomic E-state index is 13.1. The molecular weight excluding hydrogens is 376 g/mol. The zero-order valence-corrected chi connectivity index (χ0v) is 18.0. The Bertz CT molecular complexity index is 935. The molecule has 6 nitrogen and oxygen atoms in total. The van der Waals surface area contributed by atoms with Crippen LogP contribution in [0, 0.1) is 13.8 Å². The van der Waals surface area contributed by atoms with E-state index in [2.05, 4.69) is 5.32 Å². The summed E-state index contributed by atoms with van der Waals surface area (Å²) in [6.45, 7) is 11.4. The number of benzene rings is 2. The Balaban J connectivity index is 2.61. The first-order valence-electron chi connectivity index (χ1n) is 9.22. The van der Waals surface area contributed by atoms with E-state index >= 15 is 0 Å². The number of hydrogen-bond acceptors (Lipinski definition) is 3. The van der Waals surface area contributed by atoms with Gasteiger partial charge in [-0.3, -0.25) is 4.55 Å². The van der Waals surface area contributed by atoms with Crippen molar-refractivity contribution in [2.24, 2.45) is 0 Å². The molecule has 0 fully saturated rings. The number of anilines is 2. The maximum atomic E-state index is 13.1. The minimum Gasteiger partial charge on any atom is -0.306 e. The van der Waals surface area contributed by atoms with Crippen LogP contribution in [0.5, 0.6) is 0 Å². The molecule has 0 aromatic heterocycles. The first-order valence-corrected chi connectivity index (χ1v) is 10.6. The number of nitrogens with zero attached hydrogens (tertiary/aromatic N) is 1. The van der Waals surface area contributed by atoms with Gasteiger partial charge in [-0.05, 0) is 47.9 Å². The molecule has 2 aromatic rings. The van der Waals surface area contributed by atoms with Gasteiger partial charge in [-0.25, -0.2) is 4.79 Å². The molecule has 0 aliphatic rings. The summed E-state index contributed by atoms with van der Waals surface area (Å²) in [4.78, 5) is 13.1. The van der Waals surface area contributed by atoms with E-state index in [-0.39, 0.29) is 17.5 Å². The highest BCUT2D eigenvalue weighted by molar-refractivity contribution is 7.88. The third-order valence-electron chi connectivity index (χ3n) is 4.66. The Kier molecular flexibility index (Phi) is 6.52. The number of rotatable bonds is 5. The van der Waals surface area contributed by atoms with Gasteiger partial charge in [-0.1, -0.05) is 64.1 Å². The second-order valence-corrected chi connectivity index (χ2v) is 8.79. The Hall–Kier alpha value is -2.38. The van der Waals surface area contributed by atoms with Gasteiger partial charge in [0.25, 0.3) is 0 Å². The van der Waals surface area contributed by atoms with Gasteiger partial charge >= 0.3 is 16.3 Å². The van der Waals surface area contributed by atoms with E-state index in [4.69, 9.17) is 0 Å². The summed E-state index contributed by atoms with van der Waals surface area (Å²) in [5.41, 5.74) is 3.66. The average Bonchev–Trinajstić information content (AvgIpc) is 2.56. The first-order chi connectivity index (χ1) is 12.9. The fourth-order valence-electron chi connectivity index (χ4n) is 3.30. The zero-order valence-electron chi connectivity index (χ0n) is 17.1. The number of aryl methyl sites for hydroxylation is 2. The van der Waals surface area contributed by atoms with Crippen molar-refractivity contribution in [1.29, 1.82) is 0 Å². The van der Waals surface area contributed by atoms with Crippen molar-refractivity contribution in [2.75, 3.05) is 9.62 Å². The Labute approximate surface area is 167 Å². The lowest BCUT2D eigenvalue weighted by Crippen LogP contribution is -2.41. The van der Waals surface area contributed by atoms with Crippen molar-refractivity contribution in [2.45, 2.75) is 53.4 Å². The van der Waals surface area contributed by atoms with Crippen LogP contribution >= 0.6 is 0 Å². The molecule has 28 heavy (non-hydrogen) atoms. The summed E-state index contributed by atoms with van der Waals surface area (Å²) in [5, 5.41) is 2.75. The second-order valence-electron chi connectivity index (χ2n) is 7.53. The van der Waals surface area contributed by atoms with E-state index in [1.54, 1.807) is 32.0 Å². The molecule has 0 heterocycles. The Morgan fingerprint density at radius 3 is 1.75 bits per heavy atom. The van der Waals surface area contributed by atoms with Crippen LogP contribution in [0.1, 0.15) is 61.8 Å². The SMILES string of the molecule is Cc1cccc(C)c1N(C(=O)Nc1c(C(C)C)cccc1C(C)C)S(=O)(=O)O. The molecule has 2 rings (SSSR count). The summed E-state index contributed by atoms with van der Waals surface area (Å²) in [6.07, 6.45) is 0. The molecule has 0 bridgehead atoms. The van der Waals surface area contributed by atoms with E-state index in [1.807, 2.05) is 45.9 Å². The Morgan fingerprint density at radius 1 is 0.929 bits per heavy atom. The highest BCUT2D eigenvalue weighted by atomic mass is 32.2. The lowest BCUT2D eigenvalue weighted by Gasteiger charge is -2.26. The fraction of sp³-hybridized carbons (Fsp3) is 0.381. The quantitative estimate of drug-likeness (QED) is 0.654. The van der Waals surface area contributed by atoms with Crippen molar-refractivity contribution in [3.05, 3.63) is 58.7 Å². The molecule has 0 saturated carbocycles. The molecule has 0 unspecified atom stereocenters. The van der Waals surface area contributed by atoms with Crippen LogP contribution in [-0.2, 0) is 10.3 Å². The summed E-state index contributed by atoms with van der Waals surface area (Å²) in [5.74, 6) is 0.238. The van der Waals surface area contributed by atoms with Crippen molar-refractivity contribution in [3.63, 3.8) is 0 Å². The molecule has 0 aliphatic heterocycles. The molecule has 2 amide bonds. The number of para-hydroxylation sites is 2. The van der Waals surface area contributed by atoms with Gasteiger partial charge in [0.05, 0.1) is 5.69 Å². The van der Waals surface area contributed by atoms with Crippen LogP contribution in [0.15, 0.2) is 36.4 Å². The van der Waals surface area contributed by atoms with Crippen LogP contribution in [0.25, 0.3) is 0 Å². The molecule has 0 atom stereocenters. The number of amides is 2. The van der Waals surface area contributed by atoms with Crippen LogP contribution in [0.2, 0.25) is 0 Å². The van der Waals surface area contributed by atoms with Crippen LogP contribution in [0.4, 0.5) is 16.2 Å². The van der Waals surface area contributed by atoms with Gasteiger partial charge in [-0.15, -0.1) is 0 Å². The lowest BCUT2D eigenvalue weighted by atomic mass is 9.93. The van der Waals surface area contributed by atoms with E-state index in [0.29, 0.717) is 21.1 Å². The number of carbonyl (C=O) groups excluding carboxylic acids is 1. The molecule has 0 radical (unpaired) electrons. The normalized spacial score (nSPS) is 11.8. The van der Waals surface area contributed by atoms with Gasteiger partial charge < -0.3 is 5.32 Å². The minimum absolute atomic E-state index is 0.119. The second kappa shape index (κ2) is 8.32. The number of nitrogens with one attached hydrogen (secondary N) is 1. The highest BCUT2D eigenvalue weighted by Gasteiger charge is 2.31. The summed E-state index contributed by atoms with van der Waals surface area (Å²) in [7, 11) is -4.83. The third kappa shape index (κ3) is 4.54. The third-order valence-corrected chi connectivity index (χ3v) is 5.47. The predicted octanol–water partition coefficient (Wildman–Crippen LogP) is 5.39. The first kappa shape index (κ1) is 21.9. The van der Waals surface area contributed by atoms with Crippen LogP contribution in [0.3, 0.4) is 0 Å². The van der Waals surface area contributed by atoms with E-state index in [0.717, 1.165) is 11.1 Å². The molecule has 0 aliphatic carbocycles. The molecule has 2 N–H and O–H groups in total. The van der Waals surface area contributed by atoms with E-state index in [9.17, 15) is 17.8 Å².